The number of halogens is 2. The van der Waals surface area contributed by atoms with Crippen LogP contribution in [0.15, 0.2) is 42.5 Å². The lowest BCUT2D eigenvalue weighted by Crippen LogP contribution is -2.14. The number of carbonyl (C=O) groups excluding carboxylic acids is 2. The third-order valence-electron chi connectivity index (χ3n) is 2.91. The maximum atomic E-state index is 13.5. The lowest BCUT2D eigenvalue weighted by atomic mass is 10.1. The van der Waals surface area contributed by atoms with Gasteiger partial charge in [-0.05, 0) is 30.3 Å². The van der Waals surface area contributed by atoms with Crippen LogP contribution >= 0.6 is 0 Å². The number of nitrogens with one attached hydrogen (secondary N) is 2. The Kier molecular flexibility index (Phi) is 4.83. The summed E-state index contributed by atoms with van der Waals surface area (Å²) in [4.78, 5) is 23.4. The summed E-state index contributed by atoms with van der Waals surface area (Å²) in [5, 5.41) is 4.98. The van der Waals surface area contributed by atoms with E-state index in [0.717, 1.165) is 12.1 Å². The summed E-state index contributed by atoms with van der Waals surface area (Å²) in [7, 11) is 0. The summed E-state index contributed by atoms with van der Waals surface area (Å²) in [6.07, 6.45) is 0.317. The summed E-state index contributed by atoms with van der Waals surface area (Å²) in [5.74, 6) is -2.32. The number of benzene rings is 2. The van der Waals surface area contributed by atoms with Crippen LogP contribution in [-0.4, -0.2) is 11.8 Å². The zero-order chi connectivity index (χ0) is 16.1. The molecule has 6 heteroatoms. The van der Waals surface area contributed by atoms with Crippen LogP contribution in [0, 0.1) is 11.6 Å². The fourth-order valence-corrected chi connectivity index (χ4v) is 1.77. The van der Waals surface area contributed by atoms with Gasteiger partial charge in [0.25, 0.3) is 5.91 Å². The summed E-state index contributed by atoms with van der Waals surface area (Å²) in [5.41, 5.74) is 0.603. The molecule has 2 amide bonds. The van der Waals surface area contributed by atoms with Crippen LogP contribution in [0.4, 0.5) is 20.2 Å². The zero-order valence-electron chi connectivity index (χ0n) is 11.8. The van der Waals surface area contributed by atoms with Crippen LogP contribution in [0.25, 0.3) is 0 Å². The molecule has 0 heterocycles. The Morgan fingerprint density at radius 3 is 2.50 bits per heavy atom. The first-order valence-corrected chi connectivity index (χ1v) is 6.66. The van der Waals surface area contributed by atoms with E-state index in [1.54, 1.807) is 19.1 Å². The topological polar surface area (TPSA) is 58.2 Å². The molecule has 2 aromatic carbocycles. The quantitative estimate of drug-likeness (QED) is 0.907. The molecule has 22 heavy (non-hydrogen) atoms. The fraction of sp³-hybridized carbons (Fsp3) is 0.125. The van der Waals surface area contributed by atoms with Crippen molar-refractivity contribution in [3.05, 3.63) is 59.7 Å². The monoisotopic (exact) mass is 304 g/mol. The Labute approximate surface area is 126 Å². The second-order valence-electron chi connectivity index (χ2n) is 4.56. The highest BCUT2D eigenvalue weighted by Crippen LogP contribution is 2.17. The molecule has 0 aliphatic carbocycles. The van der Waals surface area contributed by atoms with Gasteiger partial charge in [0.1, 0.15) is 11.6 Å². The van der Waals surface area contributed by atoms with Crippen molar-refractivity contribution in [1.82, 2.24) is 0 Å². The van der Waals surface area contributed by atoms with Gasteiger partial charge in [0, 0.05) is 23.7 Å². The highest BCUT2D eigenvalue weighted by molar-refractivity contribution is 6.05. The summed E-state index contributed by atoms with van der Waals surface area (Å²) in [6.45, 7) is 1.71. The van der Waals surface area contributed by atoms with E-state index < -0.39 is 17.5 Å². The van der Waals surface area contributed by atoms with Gasteiger partial charge in [-0.3, -0.25) is 9.59 Å². The number of anilines is 2. The largest absolute Gasteiger partial charge is 0.326 e. The molecular formula is C16H14F2N2O2. The predicted molar refractivity (Wildman–Crippen MR) is 79.7 cm³/mol. The van der Waals surface area contributed by atoms with E-state index in [2.05, 4.69) is 10.6 Å². The van der Waals surface area contributed by atoms with Gasteiger partial charge in [-0.2, -0.15) is 0 Å². The fourth-order valence-electron chi connectivity index (χ4n) is 1.77. The van der Waals surface area contributed by atoms with E-state index in [4.69, 9.17) is 0 Å². The number of hydrogen-bond donors (Lipinski definition) is 2. The molecule has 2 N–H and O–H groups in total. The van der Waals surface area contributed by atoms with Crippen molar-refractivity contribution in [2.24, 2.45) is 0 Å². The summed E-state index contributed by atoms with van der Waals surface area (Å²) < 4.78 is 26.3. The maximum Gasteiger partial charge on any atom is 0.255 e. The molecule has 0 aliphatic rings. The minimum Gasteiger partial charge on any atom is -0.326 e. The Morgan fingerprint density at radius 1 is 1.05 bits per heavy atom. The van der Waals surface area contributed by atoms with Gasteiger partial charge < -0.3 is 10.6 Å². The van der Waals surface area contributed by atoms with Crippen molar-refractivity contribution in [3.63, 3.8) is 0 Å². The average Bonchev–Trinajstić information content (AvgIpc) is 2.50. The Bertz CT molecular complexity index is 717. The first kappa shape index (κ1) is 15.6. The van der Waals surface area contributed by atoms with Crippen molar-refractivity contribution in [2.45, 2.75) is 13.3 Å². The van der Waals surface area contributed by atoms with Crippen molar-refractivity contribution < 1.29 is 18.4 Å². The van der Waals surface area contributed by atoms with Crippen molar-refractivity contribution >= 4 is 23.2 Å². The Hall–Kier alpha value is -2.76. The van der Waals surface area contributed by atoms with Crippen LogP contribution < -0.4 is 10.6 Å². The van der Waals surface area contributed by atoms with Gasteiger partial charge in [-0.15, -0.1) is 0 Å². The number of amides is 2. The Morgan fingerprint density at radius 2 is 1.82 bits per heavy atom. The normalized spacial score (nSPS) is 10.1. The number of hydrogen-bond acceptors (Lipinski definition) is 2. The van der Waals surface area contributed by atoms with E-state index in [9.17, 15) is 18.4 Å². The number of carbonyl (C=O) groups is 2. The van der Waals surface area contributed by atoms with E-state index in [-0.39, 0.29) is 17.2 Å². The molecule has 0 spiro atoms. The van der Waals surface area contributed by atoms with Crippen LogP contribution in [0.3, 0.4) is 0 Å². The molecule has 0 unspecified atom stereocenters. The van der Waals surface area contributed by atoms with Crippen LogP contribution in [0.1, 0.15) is 23.7 Å². The van der Waals surface area contributed by atoms with E-state index >= 15 is 0 Å². The molecular weight excluding hydrogens is 290 g/mol. The maximum absolute atomic E-state index is 13.5. The molecule has 4 nitrogen and oxygen atoms in total. The van der Waals surface area contributed by atoms with Crippen molar-refractivity contribution in [2.75, 3.05) is 10.6 Å². The molecule has 0 bridgehead atoms. The lowest BCUT2D eigenvalue weighted by Gasteiger charge is -2.08. The second kappa shape index (κ2) is 6.80. The molecule has 0 atom stereocenters. The molecule has 0 saturated carbocycles. The first-order chi connectivity index (χ1) is 10.5. The lowest BCUT2D eigenvalue weighted by molar-refractivity contribution is -0.115. The Balaban J connectivity index is 2.15. The van der Waals surface area contributed by atoms with Crippen LogP contribution in [-0.2, 0) is 4.79 Å². The van der Waals surface area contributed by atoms with Crippen LogP contribution in [0.5, 0.6) is 0 Å². The standard InChI is InChI=1S/C16H14F2N2O2/c1-2-15(21)19-12-5-3-4-10(8-12)16(22)20-14-7-6-11(17)9-13(14)18/h3-9H,2H2,1H3,(H,19,21)(H,20,22). The number of rotatable bonds is 4. The van der Waals surface area contributed by atoms with E-state index in [1.165, 1.54) is 12.1 Å². The first-order valence-electron chi connectivity index (χ1n) is 6.66. The van der Waals surface area contributed by atoms with Crippen molar-refractivity contribution in [1.29, 1.82) is 0 Å². The van der Waals surface area contributed by atoms with E-state index in [1.807, 2.05) is 0 Å². The van der Waals surface area contributed by atoms with Gasteiger partial charge in [-0.1, -0.05) is 13.0 Å². The smallest absolute Gasteiger partial charge is 0.255 e. The minimum absolute atomic E-state index is 0.116. The summed E-state index contributed by atoms with van der Waals surface area (Å²) >= 11 is 0. The molecule has 0 aromatic heterocycles. The molecule has 0 aliphatic heterocycles. The van der Waals surface area contributed by atoms with Crippen LogP contribution in [0.2, 0.25) is 0 Å². The van der Waals surface area contributed by atoms with Crippen molar-refractivity contribution in [3.8, 4) is 0 Å². The average molecular weight is 304 g/mol. The van der Waals surface area contributed by atoms with Gasteiger partial charge in [0.05, 0.1) is 5.69 Å². The highest BCUT2D eigenvalue weighted by atomic mass is 19.1. The van der Waals surface area contributed by atoms with E-state index in [0.29, 0.717) is 18.2 Å². The molecule has 0 saturated heterocycles. The molecule has 0 fully saturated rings. The van der Waals surface area contributed by atoms with Gasteiger partial charge in [0.2, 0.25) is 5.91 Å². The second-order valence-corrected chi connectivity index (χ2v) is 4.56. The molecule has 0 radical (unpaired) electrons. The zero-order valence-corrected chi connectivity index (χ0v) is 11.8. The third-order valence-corrected chi connectivity index (χ3v) is 2.91. The van der Waals surface area contributed by atoms with Gasteiger partial charge >= 0.3 is 0 Å². The SMILES string of the molecule is CCC(=O)Nc1cccc(C(=O)Nc2ccc(F)cc2F)c1. The van der Waals surface area contributed by atoms with Gasteiger partial charge in [-0.25, -0.2) is 8.78 Å². The predicted octanol–water partition coefficient (Wildman–Crippen LogP) is 3.57. The molecule has 2 rings (SSSR count). The summed E-state index contributed by atoms with van der Waals surface area (Å²) in [6, 6.07) is 9.13. The van der Waals surface area contributed by atoms with Gasteiger partial charge in [0.15, 0.2) is 0 Å². The molecule has 114 valence electrons. The third kappa shape index (κ3) is 3.88. The molecule has 2 aromatic rings. The highest BCUT2D eigenvalue weighted by Gasteiger charge is 2.11. The minimum atomic E-state index is -0.858.